The summed E-state index contributed by atoms with van der Waals surface area (Å²) in [6.07, 6.45) is 0. The van der Waals surface area contributed by atoms with E-state index in [4.69, 9.17) is 0 Å². The SMILES string of the molecule is Cc1ccc(S(=O)(=O)n2c3ccc4ccccc4c3c3c4ccccc4ccc3n(S(=O)(=O)c3ccc(C)cc3)p2N([C@@H](C)c2ccccc2)[C@@H](C)c2ccccc2)cc1. The molecule has 0 N–H and O–H groups in total. The highest BCUT2D eigenvalue weighted by Crippen LogP contribution is 2.51. The zero-order valence-corrected chi connectivity index (χ0v) is 36.2. The zero-order chi connectivity index (χ0) is 41.8. The Balaban J connectivity index is 1.65. The fourth-order valence-corrected chi connectivity index (χ4v) is 15.8. The third kappa shape index (κ3) is 6.72. The van der Waals surface area contributed by atoms with Crippen LogP contribution in [0.3, 0.4) is 0 Å². The molecule has 0 fully saturated rings. The van der Waals surface area contributed by atoms with Gasteiger partial charge in [-0.15, -0.1) is 0 Å². The summed E-state index contributed by atoms with van der Waals surface area (Å²) in [4.78, 5) is 0.116. The van der Waals surface area contributed by atoms with Gasteiger partial charge in [-0.25, -0.2) is 21.5 Å². The van der Waals surface area contributed by atoms with Gasteiger partial charge in [0.15, 0.2) is 0 Å². The van der Waals surface area contributed by atoms with Gasteiger partial charge in [-0.05, 0) is 96.8 Å². The van der Waals surface area contributed by atoms with Gasteiger partial charge in [-0.2, -0.15) is 7.47 Å². The summed E-state index contributed by atoms with van der Waals surface area (Å²) in [5, 5.41) is 4.69. The summed E-state index contributed by atoms with van der Waals surface area (Å²) < 4.78 is 69.6. The lowest BCUT2D eigenvalue weighted by Crippen LogP contribution is -2.33. The highest BCUT2D eigenvalue weighted by Gasteiger charge is 2.37. The first-order valence-corrected chi connectivity index (χ1v) is 24.0. The molecule has 0 saturated carbocycles. The molecule has 0 aliphatic rings. The molecular formula is C50H44N3O4PS2. The van der Waals surface area contributed by atoms with Crippen LogP contribution in [0, 0.1) is 13.8 Å². The van der Waals surface area contributed by atoms with Gasteiger partial charge in [-0.1, -0.05) is 157 Å². The number of aromatic nitrogens is 2. The maximum atomic E-state index is 16.1. The first-order valence-electron chi connectivity index (χ1n) is 19.9. The van der Waals surface area contributed by atoms with Crippen molar-refractivity contribution in [3.8, 4) is 0 Å². The Morgan fingerprint density at radius 1 is 0.433 bits per heavy atom. The third-order valence-electron chi connectivity index (χ3n) is 11.5. The average Bonchev–Trinajstić information content (AvgIpc) is 3.41. The Hall–Kier alpha value is -5.96. The fourth-order valence-electron chi connectivity index (χ4n) is 8.30. The van der Waals surface area contributed by atoms with E-state index in [0.717, 1.165) is 43.8 Å². The first-order chi connectivity index (χ1) is 29.0. The van der Waals surface area contributed by atoms with Gasteiger partial charge in [0.1, 0.15) is 8.00 Å². The van der Waals surface area contributed by atoms with Crippen LogP contribution in [-0.2, 0) is 20.0 Å². The molecule has 0 aliphatic heterocycles. The Morgan fingerprint density at radius 2 is 0.783 bits per heavy atom. The minimum atomic E-state index is -4.55. The summed E-state index contributed by atoms with van der Waals surface area (Å²) in [7, 11) is -11.7. The van der Waals surface area contributed by atoms with E-state index in [1.54, 1.807) is 48.5 Å². The Kier molecular flexibility index (Phi) is 10.3. The van der Waals surface area contributed by atoms with Crippen LogP contribution in [0.1, 0.15) is 48.2 Å². The molecule has 1 aromatic heterocycles. The number of hydrogen-bond acceptors (Lipinski definition) is 5. The molecule has 0 unspecified atom stereocenters. The van der Waals surface area contributed by atoms with Crippen molar-refractivity contribution in [1.29, 1.82) is 0 Å². The van der Waals surface area contributed by atoms with Crippen molar-refractivity contribution < 1.29 is 16.8 Å². The predicted molar refractivity (Wildman–Crippen MR) is 248 cm³/mol. The molecular weight excluding hydrogens is 802 g/mol. The maximum Gasteiger partial charge on any atom is 0.273 e. The highest BCUT2D eigenvalue weighted by atomic mass is 32.2. The Labute approximate surface area is 352 Å². The molecule has 2 atom stereocenters. The molecule has 0 amide bonds. The molecule has 0 spiro atoms. The van der Waals surface area contributed by atoms with Crippen LogP contribution >= 0.6 is 8.00 Å². The van der Waals surface area contributed by atoms with Crippen LogP contribution < -0.4 is 4.67 Å². The van der Waals surface area contributed by atoms with E-state index in [1.807, 2.05) is 161 Å². The molecule has 9 aromatic rings. The van der Waals surface area contributed by atoms with Gasteiger partial charge in [0.2, 0.25) is 0 Å². The van der Waals surface area contributed by atoms with Crippen molar-refractivity contribution >= 4 is 71.4 Å². The van der Waals surface area contributed by atoms with Crippen molar-refractivity contribution in [3.63, 3.8) is 0 Å². The number of benzene rings is 8. The summed E-state index contributed by atoms with van der Waals surface area (Å²) in [6, 6.07) is 55.9. The van der Waals surface area contributed by atoms with Crippen LogP contribution in [0.15, 0.2) is 192 Å². The summed E-state index contributed by atoms with van der Waals surface area (Å²) in [6.45, 7) is 7.91. The Morgan fingerprint density at radius 3 is 1.17 bits per heavy atom. The van der Waals surface area contributed by atoms with E-state index >= 15 is 16.8 Å². The second kappa shape index (κ2) is 15.6. The van der Waals surface area contributed by atoms with Gasteiger partial charge in [0.25, 0.3) is 20.0 Å². The van der Waals surface area contributed by atoms with Crippen LogP contribution in [0.2, 0.25) is 0 Å². The number of nitrogens with zero attached hydrogens (tertiary/aromatic N) is 3. The molecule has 9 rings (SSSR count). The zero-order valence-electron chi connectivity index (χ0n) is 33.7. The molecule has 0 aliphatic carbocycles. The van der Waals surface area contributed by atoms with Crippen molar-refractivity contribution in [2.45, 2.75) is 49.6 Å². The number of rotatable bonds is 9. The largest absolute Gasteiger partial charge is 0.273 e. The molecule has 10 heteroatoms. The van der Waals surface area contributed by atoms with Crippen molar-refractivity contribution in [2.24, 2.45) is 0 Å². The minimum Gasteiger partial charge on any atom is -0.218 e. The first kappa shape index (κ1) is 39.5. The van der Waals surface area contributed by atoms with Gasteiger partial charge in [-0.3, -0.25) is 0 Å². The molecule has 0 bridgehead atoms. The smallest absolute Gasteiger partial charge is 0.218 e. The molecule has 7 nitrogen and oxygen atoms in total. The highest BCUT2D eigenvalue weighted by molar-refractivity contribution is 7.96. The maximum absolute atomic E-state index is 16.1. The van der Waals surface area contributed by atoms with E-state index < -0.39 is 40.1 Å². The van der Waals surface area contributed by atoms with Crippen molar-refractivity contribution in [2.75, 3.05) is 4.67 Å². The molecule has 60 heavy (non-hydrogen) atoms. The monoisotopic (exact) mass is 845 g/mol. The minimum absolute atomic E-state index is 0.0582. The second-order valence-corrected chi connectivity index (χ2v) is 21.2. The molecule has 8 aromatic carbocycles. The van der Waals surface area contributed by atoms with E-state index in [1.165, 1.54) is 7.47 Å². The van der Waals surface area contributed by atoms with Crippen LogP contribution in [0.25, 0.3) is 43.4 Å². The topological polar surface area (TPSA) is 81.4 Å². The van der Waals surface area contributed by atoms with E-state index in [0.29, 0.717) is 21.8 Å². The average molecular weight is 846 g/mol. The van der Waals surface area contributed by atoms with Crippen molar-refractivity contribution in [3.05, 3.63) is 204 Å². The van der Waals surface area contributed by atoms with Crippen LogP contribution in [-0.4, -0.2) is 24.3 Å². The molecule has 0 radical (unpaired) electrons. The quantitative estimate of drug-likeness (QED) is 0.145. The van der Waals surface area contributed by atoms with Crippen LogP contribution in [0.5, 0.6) is 0 Å². The normalized spacial score (nSPS) is 13.3. The number of fused-ring (bicyclic) bond motifs is 7. The fraction of sp³-hybridized carbons (Fsp3) is 0.120. The summed E-state index contributed by atoms with van der Waals surface area (Å²) in [5.74, 6) is 0. The van der Waals surface area contributed by atoms with E-state index in [2.05, 4.69) is 4.67 Å². The predicted octanol–water partition coefficient (Wildman–Crippen LogP) is 12.6. The number of aryl methyl sites for hydroxylation is 2. The molecule has 300 valence electrons. The summed E-state index contributed by atoms with van der Waals surface area (Å²) in [5.41, 5.74) is 4.40. The molecule has 1 heterocycles. The number of hydrogen-bond donors (Lipinski definition) is 0. The lowest BCUT2D eigenvalue weighted by molar-refractivity contribution is 0.587. The molecule has 0 saturated heterocycles. The van der Waals surface area contributed by atoms with Gasteiger partial charge in [0.05, 0.1) is 20.8 Å². The van der Waals surface area contributed by atoms with Crippen molar-refractivity contribution in [1.82, 2.24) is 7.47 Å². The van der Waals surface area contributed by atoms with E-state index in [-0.39, 0.29) is 9.79 Å². The Bertz CT molecular complexity index is 3120. The second-order valence-electron chi connectivity index (χ2n) is 15.3. The third-order valence-corrected chi connectivity index (χ3v) is 18.9. The summed E-state index contributed by atoms with van der Waals surface area (Å²) >= 11 is 0. The van der Waals surface area contributed by atoms with E-state index in [9.17, 15) is 0 Å². The van der Waals surface area contributed by atoms with Gasteiger partial charge in [0, 0.05) is 22.9 Å². The van der Waals surface area contributed by atoms with Gasteiger partial charge >= 0.3 is 0 Å². The van der Waals surface area contributed by atoms with Gasteiger partial charge < -0.3 is 0 Å². The lowest BCUT2D eigenvalue weighted by atomic mass is 9.98. The van der Waals surface area contributed by atoms with Crippen LogP contribution in [0.4, 0.5) is 0 Å². The lowest BCUT2D eigenvalue weighted by Gasteiger charge is -2.37. The standard InChI is InChI=1S/C50H44N3O4PS2/c1-35-23-29-43(30-24-35)59(54,55)52-47-33-27-41-19-11-13-21-45(41)49(47)50-46-22-14-12-20-42(46)28-34-48(50)53(60(56,57)44-31-25-36(2)26-32-44)58(52)51(37(3)39-15-7-5-8-16-39)38(4)40-17-9-6-10-18-40/h5-34,37-38H,1-4H3/t37-,38-/m0/s1.